The van der Waals surface area contributed by atoms with Crippen molar-refractivity contribution in [2.24, 2.45) is 0 Å². The molecule has 410 valence electrons. The van der Waals surface area contributed by atoms with E-state index in [9.17, 15) is 32.3 Å². The number of rotatable bonds is 19. The van der Waals surface area contributed by atoms with Gasteiger partial charge in [0.15, 0.2) is 0 Å². The molecule has 4 aromatic carbocycles. The molecule has 10 rings (SSSR count). The summed E-state index contributed by atoms with van der Waals surface area (Å²) in [5, 5.41) is 14.0. The van der Waals surface area contributed by atoms with E-state index in [1.54, 1.807) is 35.2 Å². The van der Waals surface area contributed by atoms with Crippen molar-refractivity contribution in [3.63, 3.8) is 0 Å². The van der Waals surface area contributed by atoms with Crippen LogP contribution in [0.25, 0.3) is 22.2 Å². The van der Waals surface area contributed by atoms with Crippen LogP contribution in [0.1, 0.15) is 112 Å². The van der Waals surface area contributed by atoms with Gasteiger partial charge in [-0.05, 0) is 109 Å². The van der Waals surface area contributed by atoms with E-state index in [-0.39, 0.29) is 46.4 Å². The lowest BCUT2D eigenvalue weighted by Crippen LogP contribution is -2.60. The van der Waals surface area contributed by atoms with Gasteiger partial charge >= 0.3 is 6.36 Å². The minimum absolute atomic E-state index is 0.0207. The van der Waals surface area contributed by atoms with E-state index in [0.717, 1.165) is 80.2 Å². The predicted molar refractivity (Wildman–Crippen MR) is 292 cm³/mol. The van der Waals surface area contributed by atoms with Gasteiger partial charge in [-0.1, -0.05) is 105 Å². The van der Waals surface area contributed by atoms with Gasteiger partial charge in [-0.15, -0.1) is 13.2 Å². The Bertz CT molecular complexity index is 3260. The number of unbranched alkanes of at least 4 members (excludes halogenated alkanes) is 5. The van der Waals surface area contributed by atoms with Gasteiger partial charge in [-0.25, -0.2) is 14.4 Å². The van der Waals surface area contributed by atoms with E-state index in [1.165, 1.54) is 30.6 Å². The molecule has 4 amide bonds. The number of nitrogens with zero attached hydrogens (tertiary/aromatic N) is 4. The summed E-state index contributed by atoms with van der Waals surface area (Å²) in [4.78, 5) is 65.6. The second-order valence-electron chi connectivity index (χ2n) is 20.9. The maximum atomic E-state index is 16.2. The van der Waals surface area contributed by atoms with Crippen molar-refractivity contribution in [3.8, 4) is 16.9 Å². The number of hydrogen-bond acceptors (Lipinski definition) is 9. The molecule has 20 heteroatoms. The Morgan fingerprint density at radius 2 is 1.64 bits per heavy atom. The van der Waals surface area contributed by atoms with Crippen molar-refractivity contribution in [1.82, 2.24) is 30.5 Å². The Kier molecular flexibility index (Phi) is 16.0. The molecule has 2 spiro atoms. The Labute approximate surface area is 459 Å². The Morgan fingerprint density at radius 1 is 0.872 bits per heavy atom. The number of halogens is 6. The second-order valence-corrected chi connectivity index (χ2v) is 21.8. The normalized spacial score (nSPS) is 19.3. The van der Waals surface area contributed by atoms with Crippen LogP contribution in [0.3, 0.4) is 0 Å². The van der Waals surface area contributed by atoms with Crippen molar-refractivity contribution >= 4 is 75.1 Å². The third kappa shape index (κ3) is 10.9. The standard InChI is InChI=1S/C58H61Cl2F4N9O5/c59-38-19-20-42-44(32-38)70-55(77)57(42)49(40-15-11-16-43(60)50(40)61)51(71-56(57)23-7-5-8-24-56)54(76)67-25-9-4-2-1-3-6-17-46(74)66-26-12-27-72-33-41(48-52(65)68-34-69-53(48)72)36-18-21-45-37(31-36)22-28-73(45)47(75)30-35-13-10-14-39(29-35)78-58(62,63)64/h10-11,13-16,18-21,29,31-34,49,51,71H,1-9,12,17,22-28,30H2,(H,66,74)(H,67,76)(H,70,77)(H2,65,68,69)/t49-,51+,57+/m0/s1. The topological polar surface area (TPSA) is 186 Å². The maximum Gasteiger partial charge on any atom is 0.573 e. The van der Waals surface area contributed by atoms with E-state index in [0.29, 0.717) is 97.0 Å². The molecule has 1 saturated heterocycles. The molecule has 0 bridgehead atoms. The average Bonchev–Trinajstić information content (AvgIpc) is 2.56. The maximum absolute atomic E-state index is 16.2. The molecule has 1 saturated carbocycles. The minimum atomic E-state index is -4.84. The fourth-order valence-electron chi connectivity index (χ4n) is 12.7. The molecule has 1 aliphatic carbocycles. The molecule has 14 nitrogen and oxygen atoms in total. The largest absolute Gasteiger partial charge is 0.573 e. The molecule has 5 heterocycles. The number of anilines is 3. The zero-order chi connectivity index (χ0) is 54.8. The summed E-state index contributed by atoms with van der Waals surface area (Å²) in [5.41, 5.74) is 10.3. The van der Waals surface area contributed by atoms with E-state index in [2.05, 4.69) is 36.0 Å². The fourth-order valence-corrected chi connectivity index (χ4v) is 13.1. The highest BCUT2D eigenvalue weighted by Crippen LogP contribution is 2.63. The van der Waals surface area contributed by atoms with Crippen LogP contribution >= 0.6 is 23.2 Å². The molecule has 3 aliphatic heterocycles. The van der Waals surface area contributed by atoms with Gasteiger partial charge in [0, 0.05) is 72.2 Å². The van der Waals surface area contributed by atoms with Gasteiger partial charge in [0.25, 0.3) is 0 Å². The van der Waals surface area contributed by atoms with Crippen LogP contribution in [0.2, 0.25) is 10.0 Å². The van der Waals surface area contributed by atoms with Gasteiger partial charge in [0.2, 0.25) is 23.6 Å². The van der Waals surface area contributed by atoms with Crippen molar-refractivity contribution in [2.45, 2.75) is 132 Å². The van der Waals surface area contributed by atoms with Crippen molar-refractivity contribution < 1.29 is 41.5 Å². The molecule has 0 unspecified atom stereocenters. The van der Waals surface area contributed by atoms with Crippen LogP contribution in [-0.2, 0) is 44.0 Å². The molecule has 2 fully saturated rings. The number of carbonyl (C=O) groups is 4. The second kappa shape index (κ2) is 22.9. The summed E-state index contributed by atoms with van der Waals surface area (Å²) in [6, 6.07) is 20.4. The minimum Gasteiger partial charge on any atom is -0.406 e. The number of hydrogen-bond donors (Lipinski definition) is 5. The van der Waals surface area contributed by atoms with Crippen LogP contribution in [0, 0.1) is 5.82 Å². The zero-order valence-electron chi connectivity index (χ0n) is 42.9. The summed E-state index contributed by atoms with van der Waals surface area (Å²) < 4.78 is 60.6. The number of nitrogens with two attached hydrogens (primary N) is 1. The lowest BCUT2D eigenvalue weighted by Gasteiger charge is -2.47. The number of carbonyl (C=O) groups excluding carboxylic acids is 4. The molecular formula is C58H61Cl2F4N9O5. The molecular weight excluding hydrogens is 1050 g/mol. The summed E-state index contributed by atoms with van der Waals surface area (Å²) in [6.07, 6.45) is 9.17. The molecule has 78 heavy (non-hydrogen) atoms. The fraction of sp³-hybridized carbons (Fsp3) is 0.414. The summed E-state index contributed by atoms with van der Waals surface area (Å²) in [7, 11) is 0. The number of amides is 4. The first-order valence-corrected chi connectivity index (χ1v) is 27.6. The van der Waals surface area contributed by atoms with Gasteiger partial charge in [0.1, 0.15) is 34.8 Å². The summed E-state index contributed by atoms with van der Waals surface area (Å²) in [5.74, 6) is -2.41. The van der Waals surface area contributed by atoms with Crippen LogP contribution in [0.4, 0.5) is 34.8 Å². The lowest BCUT2D eigenvalue weighted by atomic mass is 9.55. The van der Waals surface area contributed by atoms with E-state index >= 15 is 4.39 Å². The predicted octanol–water partition coefficient (Wildman–Crippen LogP) is 10.9. The van der Waals surface area contributed by atoms with E-state index < -0.39 is 35.1 Å². The van der Waals surface area contributed by atoms with Gasteiger partial charge in [0.05, 0.1) is 22.9 Å². The number of fused-ring (bicyclic) bond motifs is 5. The highest BCUT2D eigenvalue weighted by molar-refractivity contribution is 6.31. The molecule has 6 N–H and O–H groups in total. The molecule has 0 radical (unpaired) electrons. The quantitative estimate of drug-likeness (QED) is 0.0389. The first kappa shape index (κ1) is 54.6. The van der Waals surface area contributed by atoms with Crippen molar-refractivity contribution in [1.29, 1.82) is 0 Å². The van der Waals surface area contributed by atoms with Crippen molar-refractivity contribution in [2.75, 3.05) is 35.6 Å². The van der Waals surface area contributed by atoms with E-state index in [1.807, 2.05) is 35.0 Å². The zero-order valence-corrected chi connectivity index (χ0v) is 44.4. The number of nitrogen functional groups attached to an aromatic ring is 1. The highest BCUT2D eigenvalue weighted by atomic mass is 35.5. The Hall–Kier alpha value is -6.76. The summed E-state index contributed by atoms with van der Waals surface area (Å²) >= 11 is 12.8. The first-order chi connectivity index (χ1) is 37.6. The van der Waals surface area contributed by atoms with Gasteiger partial charge < -0.3 is 35.9 Å². The number of nitrogens with one attached hydrogen (secondary N) is 4. The number of alkyl halides is 3. The van der Waals surface area contributed by atoms with Crippen LogP contribution in [0.15, 0.2) is 91.4 Å². The Balaban J connectivity index is 0.671. The SMILES string of the molecule is Nc1ncnc2c1c(-c1ccc3c(c1)CCN3C(=O)Cc1cccc(OC(F)(F)F)c1)cn2CCCNC(=O)CCCCCCCCNC(=O)[C@@H]1NC2(CCCCC2)[C@@]2(C(=O)Nc3cc(Cl)ccc32)[C@H]1c1cccc(Cl)c1F. The Morgan fingerprint density at radius 3 is 2.45 bits per heavy atom. The van der Waals surface area contributed by atoms with E-state index in [4.69, 9.17) is 28.9 Å². The number of benzene rings is 4. The van der Waals surface area contributed by atoms with Gasteiger partial charge in [-0.2, -0.15) is 0 Å². The molecule has 6 aromatic rings. The van der Waals surface area contributed by atoms with Crippen LogP contribution < -0.4 is 36.6 Å². The number of aryl methyl sites for hydroxylation is 1. The monoisotopic (exact) mass is 1110 g/mol. The number of aromatic nitrogens is 3. The highest BCUT2D eigenvalue weighted by Gasteiger charge is 2.72. The lowest BCUT2D eigenvalue weighted by molar-refractivity contribution is -0.274. The van der Waals surface area contributed by atoms with Crippen molar-refractivity contribution in [3.05, 3.63) is 130 Å². The molecule has 3 atom stereocenters. The first-order valence-electron chi connectivity index (χ1n) is 26.8. The third-order valence-electron chi connectivity index (χ3n) is 16.1. The van der Waals surface area contributed by atoms with Crippen LogP contribution in [-0.4, -0.2) is 75.7 Å². The molecule has 2 aromatic heterocycles. The average molecular weight is 1110 g/mol. The smallest absolute Gasteiger partial charge is 0.406 e. The van der Waals surface area contributed by atoms with Crippen LogP contribution in [0.5, 0.6) is 5.75 Å². The third-order valence-corrected chi connectivity index (χ3v) is 16.6. The molecule has 4 aliphatic rings. The van der Waals surface area contributed by atoms with Gasteiger partial charge in [-0.3, -0.25) is 24.5 Å². The summed E-state index contributed by atoms with van der Waals surface area (Å²) in [6.45, 7) is 1.86. The number of ether oxygens (including phenoxy) is 1.